The molecule has 230 valence electrons. The van der Waals surface area contributed by atoms with Gasteiger partial charge in [-0.25, -0.2) is 4.98 Å². The van der Waals surface area contributed by atoms with Gasteiger partial charge in [-0.2, -0.15) is 10.2 Å². The van der Waals surface area contributed by atoms with Gasteiger partial charge in [-0.1, -0.05) is 55.0 Å². The minimum atomic E-state index is 0.648. The van der Waals surface area contributed by atoms with E-state index in [0.29, 0.717) is 5.13 Å². The van der Waals surface area contributed by atoms with E-state index in [0.717, 1.165) is 68.9 Å². The fourth-order valence-corrected chi connectivity index (χ4v) is 6.06. The standard InChI is InChI=1S/C37H36N8S/c1-4-7-10-26-13-22-35-36(25-26)46-37(38-35)44-41-28-16-14-27(15-17-28)39-42-33-23-24-34(32-12-9-8-11-31(32)33)43-40-29-18-20-30(21-19-29)45(5-2)6-3/h8-9,11-25H,4-7,10H2,1-3H3. The molecule has 0 aliphatic heterocycles. The SMILES string of the molecule is CCCCc1ccc2nc(N=Nc3ccc(N=Nc4ccc(N=Nc5ccc(N(CC)CC)cc5)c5ccccc45)cc3)sc2c1. The van der Waals surface area contributed by atoms with Gasteiger partial charge in [-0.15, -0.1) is 20.5 Å². The average molecular weight is 625 g/mol. The zero-order chi connectivity index (χ0) is 31.7. The lowest BCUT2D eigenvalue weighted by Gasteiger charge is -2.20. The maximum absolute atomic E-state index is 4.61. The molecule has 0 saturated heterocycles. The predicted octanol–water partition coefficient (Wildman–Crippen LogP) is 12.9. The number of nitrogens with zero attached hydrogens (tertiary/aromatic N) is 8. The van der Waals surface area contributed by atoms with E-state index in [4.69, 9.17) is 0 Å². The van der Waals surface area contributed by atoms with Crippen LogP contribution in [0.3, 0.4) is 0 Å². The van der Waals surface area contributed by atoms with Crippen molar-refractivity contribution in [1.29, 1.82) is 0 Å². The van der Waals surface area contributed by atoms with Crippen molar-refractivity contribution < 1.29 is 0 Å². The summed E-state index contributed by atoms with van der Waals surface area (Å²) >= 11 is 1.56. The summed E-state index contributed by atoms with van der Waals surface area (Å²) in [6.45, 7) is 8.46. The fraction of sp³-hybridized carbons (Fsp3) is 0.216. The predicted molar refractivity (Wildman–Crippen MR) is 191 cm³/mol. The van der Waals surface area contributed by atoms with Crippen molar-refractivity contribution in [2.45, 2.75) is 40.0 Å². The smallest absolute Gasteiger partial charge is 0.231 e. The molecule has 0 bridgehead atoms. The number of rotatable bonds is 12. The van der Waals surface area contributed by atoms with E-state index in [1.54, 1.807) is 11.3 Å². The minimum Gasteiger partial charge on any atom is -0.372 e. The molecule has 6 rings (SSSR count). The molecular weight excluding hydrogens is 589 g/mol. The molecule has 0 aliphatic carbocycles. The number of fused-ring (bicyclic) bond motifs is 2. The Bertz CT molecular complexity index is 2010. The van der Waals surface area contributed by atoms with Crippen LogP contribution in [0.1, 0.15) is 39.2 Å². The van der Waals surface area contributed by atoms with Crippen molar-refractivity contribution in [2.24, 2.45) is 30.7 Å². The molecule has 0 radical (unpaired) electrons. The number of hydrogen-bond acceptors (Lipinski definition) is 9. The van der Waals surface area contributed by atoms with E-state index in [9.17, 15) is 0 Å². The van der Waals surface area contributed by atoms with Gasteiger partial charge in [-0.05, 0) is 105 Å². The van der Waals surface area contributed by atoms with E-state index in [2.05, 4.69) is 91.7 Å². The highest BCUT2D eigenvalue weighted by atomic mass is 32.1. The van der Waals surface area contributed by atoms with E-state index >= 15 is 0 Å². The average Bonchev–Trinajstić information content (AvgIpc) is 3.52. The second-order valence-electron chi connectivity index (χ2n) is 10.9. The number of azo groups is 3. The van der Waals surface area contributed by atoms with E-state index in [1.807, 2.05) is 72.8 Å². The van der Waals surface area contributed by atoms with E-state index in [-0.39, 0.29) is 0 Å². The fourth-order valence-electron chi connectivity index (χ4n) is 5.21. The van der Waals surface area contributed by atoms with Gasteiger partial charge in [0.15, 0.2) is 0 Å². The molecule has 0 spiro atoms. The van der Waals surface area contributed by atoms with Crippen LogP contribution in [-0.4, -0.2) is 18.1 Å². The number of aryl methyl sites for hydroxylation is 1. The van der Waals surface area contributed by atoms with Gasteiger partial charge >= 0.3 is 0 Å². The van der Waals surface area contributed by atoms with Crippen LogP contribution in [-0.2, 0) is 6.42 Å². The van der Waals surface area contributed by atoms with Gasteiger partial charge in [0, 0.05) is 29.5 Å². The molecule has 0 saturated carbocycles. The largest absolute Gasteiger partial charge is 0.372 e. The Hall–Kier alpha value is -5.15. The normalized spacial score (nSPS) is 12.0. The van der Waals surface area contributed by atoms with Gasteiger partial charge in [0.2, 0.25) is 5.13 Å². The summed E-state index contributed by atoms with van der Waals surface area (Å²) in [5.74, 6) is 0. The monoisotopic (exact) mass is 624 g/mol. The number of anilines is 1. The lowest BCUT2D eigenvalue weighted by atomic mass is 10.1. The van der Waals surface area contributed by atoms with Crippen molar-refractivity contribution in [2.75, 3.05) is 18.0 Å². The summed E-state index contributed by atoms with van der Waals surface area (Å²) in [7, 11) is 0. The first-order chi connectivity index (χ1) is 22.6. The Morgan fingerprint density at radius 3 is 1.74 bits per heavy atom. The van der Waals surface area contributed by atoms with Crippen LogP contribution in [0.5, 0.6) is 0 Å². The minimum absolute atomic E-state index is 0.648. The first-order valence-electron chi connectivity index (χ1n) is 15.7. The molecule has 0 aliphatic rings. The van der Waals surface area contributed by atoms with Crippen LogP contribution in [0.15, 0.2) is 134 Å². The molecule has 0 amide bonds. The number of aromatic nitrogens is 1. The number of benzene rings is 5. The highest BCUT2D eigenvalue weighted by Crippen LogP contribution is 2.36. The van der Waals surface area contributed by atoms with Crippen molar-refractivity contribution in [3.05, 3.63) is 109 Å². The molecule has 8 nitrogen and oxygen atoms in total. The molecule has 0 atom stereocenters. The second kappa shape index (κ2) is 14.8. The third-order valence-corrected chi connectivity index (χ3v) is 8.67. The second-order valence-corrected chi connectivity index (χ2v) is 11.9. The van der Waals surface area contributed by atoms with Crippen molar-refractivity contribution in [3.8, 4) is 0 Å². The Kier molecular flexibility index (Phi) is 9.90. The Morgan fingerprint density at radius 2 is 1.17 bits per heavy atom. The Morgan fingerprint density at radius 1 is 0.609 bits per heavy atom. The van der Waals surface area contributed by atoms with Crippen LogP contribution >= 0.6 is 11.3 Å². The van der Waals surface area contributed by atoms with Gasteiger partial charge in [-0.3, -0.25) is 0 Å². The summed E-state index contributed by atoms with van der Waals surface area (Å²) in [4.78, 5) is 6.91. The van der Waals surface area contributed by atoms with Crippen LogP contribution in [0.4, 0.5) is 39.3 Å². The molecule has 46 heavy (non-hydrogen) atoms. The van der Waals surface area contributed by atoms with Gasteiger partial charge < -0.3 is 4.90 Å². The third kappa shape index (κ3) is 7.38. The molecule has 1 aromatic heterocycles. The zero-order valence-corrected chi connectivity index (χ0v) is 27.2. The zero-order valence-electron chi connectivity index (χ0n) is 26.3. The molecule has 5 aromatic carbocycles. The highest BCUT2D eigenvalue weighted by Gasteiger charge is 2.07. The maximum atomic E-state index is 4.61. The lowest BCUT2D eigenvalue weighted by Crippen LogP contribution is -2.21. The van der Waals surface area contributed by atoms with Crippen LogP contribution < -0.4 is 4.90 Å². The summed E-state index contributed by atoms with van der Waals surface area (Å²) in [6.07, 6.45) is 3.47. The Balaban J connectivity index is 1.14. The lowest BCUT2D eigenvalue weighted by molar-refractivity contribution is 0.796. The summed E-state index contributed by atoms with van der Waals surface area (Å²) < 4.78 is 1.14. The topological polar surface area (TPSA) is 90.3 Å². The van der Waals surface area contributed by atoms with Crippen LogP contribution in [0, 0.1) is 0 Å². The number of thiazole rings is 1. The van der Waals surface area contributed by atoms with Crippen LogP contribution in [0.25, 0.3) is 21.0 Å². The van der Waals surface area contributed by atoms with Gasteiger partial charge in [0.1, 0.15) is 0 Å². The first-order valence-corrected chi connectivity index (χ1v) is 16.6. The molecular formula is C37H36N8S. The highest BCUT2D eigenvalue weighted by molar-refractivity contribution is 7.21. The van der Waals surface area contributed by atoms with Crippen molar-refractivity contribution >= 4 is 71.6 Å². The summed E-state index contributed by atoms with van der Waals surface area (Å²) in [5, 5.41) is 29.5. The van der Waals surface area contributed by atoms with Crippen LogP contribution in [0.2, 0.25) is 0 Å². The quantitative estimate of drug-likeness (QED) is 0.127. The van der Waals surface area contributed by atoms with E-state index in [1.165, 1.54) is 24.1 Å². The van der Waals surface area contributed by atoms with E-state index < -0.39 is 0 Å². The van der Waals surface area contributed by atoms with Gasteiger partial charge in [0.05, 0.1) is 38.7 Å². The Labute approximate surface area is 273 Å². The molecule has 0 fully saturated rings. The molecule has 6 aromatic rings. The maximum Gasteiger partial charge on any atom is 0.231 e. The summed E-state index contributed by atoms with van der Waals surface area (Å²) in [6, 6.07) is 34.0. The van der Waals surface area contributed by atoms with Crippen molar-refractivity contribution in [1.82, 2.24) is 4.98 Å². The third-order valence-electron chi connectivity index (χ3n) is 7.76. The van der Waals surface area contributed by atoms with Crippen molar-refractivity contribution in [3.63, 3.8) is 0 Å². The molecule has 0 N–H and O–H groups in total. The molecule has 1 heterocycles. The number of unbranched alkanes of at least 4 members (excludes halogenated alkanes) is 1. The molecule has 0 unspecified atom stereocenters. The van der Waals surface area contributed by atoms with Gasteiger partial charge in [0.25, 0.3) is 0 Å². The number of hydrogen-bond donors (Lipinski definition) is 0. The summed E-state index contributed by atoms with van der Waals surface area (Å²) in [5.41, 5.74) is 7.28. The molecule has 9 heteroatoms. The first kappa shape index (κ1) is 30.9.